The van der Waals surface area contributed by atoms with Crippen molar-refractivity contribution >= 4 is 40.3 Å². The molecule has 4 aliphatic heterocycles. The molecule has 0 saturated carbocycles. The second-order valence-electron chi connectivity index (χ2n) is 14.3. The number of aryl methyl sites for hydroxylation is 1. The van der Waals surface area contributed by atoms with Crippen LogP contribution in [0.3, 0.4) is 0 Å². The zero-order chi connectivity index (χ0) is 33.5. The molecule has 4 aliphatic rings. The Morgan fingerprint density at radius 3 is 2.31 bits per heavy atom. The maximum absolute atomic E-state index is 14.2. The number of amides is 3. The Bertz CT molecular complexity index is 1690. The molecule has 4 N–H and O–H groups in total. The van der Waals surface area contributed by atoms with E-state index in [-0.39, 0.29) is 23.7 Å². The average molecular weight is 677 g/mol. The van der Waals surface area contributed by atoms with Crippen molar-refractivity contribution in [3.8, 4) is 0 Å². The SMILES string of the molecule is CCc1cc(C[C@@H](NC(=O)N2CCC(n3c(=O)[nH]c4ccccc43)CC2)C(=O)N2CCN(C3CC4CCC(C3)N4C)CC2)cc(Cl)c1N. The summed E-state index contributed by atoms with van der Waals surface area (Å²) in [4.78, 5) is 52.6. The van der Waals surface area contributed by atoms with E-state index in [4.69, 9.17) is 17.3 Å². The summed E-state index contributed by atoms with van der Waals surface area (Å²) in [7, 11) is 2.27. The first-order chi connectivity index (χ1) is 23.2. The van der Waals surface area contributed by atoms with E-state index in [0.29, 0.717) is 74.3 Å². The van der Waals surface area contributed by atoms with Gasteiger partial charge in [0.15, 0.2) is 0 Å². The lowest BCUT2D eigenvalue weighted by atomic mass is 9.95. The van der Waals surface area contributed by atoms with E-state index < -0.39 is 6.04 Å². The van der Waals surface area contributed by atoms with Gasteiger partial charge in [-0.25, -0.2) is 9.59 Å². The van der Waals surface area contributed by atoms with Crippen LogP contribution in [0.2, 0.25) is 5.02 Å². The highest BCUT2D eigenvalue weighted by Crippen LogP contribution is 2.36. The summed E-state index contributed by atoms with van der Waals surface area (Å²) in [6.45, 7) is 6.03. The summed E-state index contributed by atoms with van der Waals surface area (Å²) in [5.41, 5.74) is 10.2. The van der Waals surface area contributed by atoms with E-state index in [1.165, 1.54) is 25.7 Å². The number of hydrogen-bond donors (Lipinski definition) is 3. The summed E-state index contributed by atoms with van der Waals surface area (Å²) in [5.74, 6) is -0.0577. The molecule has 4 fully saturated rings. The number of carbonyl (C=O) groups excluding carboxylic acids is 2. The minimum Gasteiger partial charge on any atom is -0.397 e. The highest BCUT2D eigenvalue weighted by molar-refractivity contribution is 6.33. The molecule has 0 aliphatic carbocycles. The third-order valence-electron chi connectivity index (χ3n) is 11.6. The van der Waals surface area contributed by atoms with E-state index >= 15 is 0 Å². The number of aromatic nitrogens is 2. The first-order valence-corrected chi connectivity index (χ1v) is 18.1. The molecule has 2 aromatic carbocycles. The van der Waals surface area contributed by atoms with Crippen molar-refractivity contribution in [1.82, 2.24) is 34.5 Å². The number of benzene rings is 2. The molecule has 11 nitrogen and oxygen atoms in total. The second kappa shape index (κ2) is 13.8. The molecule has 1 aromatic heterocycles. The molecule has 12 heteroatoms. The Labute approximate surface area is 287 Å². The molecule has 4 saturated heterocycles. The molecule has 3 atom stereocenters. The third kappa shape index (κ3) is 6.44. The van der Waals surface area contributed by atoms with Crippen molar-refractivity contribution in [2.75, 3.05) is 52.0 Å². The number of nitrogen functional groups attached to an aromatic ring is 1. The number of para-hydroxylation sites is 2. The van der Waals surface area contributed by atoms with Crippen LogP contribution in [0, 0.1) is 0 Å². The average Bonchev–Trinajstić information content (AvgIpc) is 3.52. The molecule has 48 heavy (non-hydrogen) atoms. The normalized spacial score (nSPS) is 24.7. The number of anilines is 1. The van der Waals surface area contributed by atoms with Gasteiger partial charge in [-0.1, -0.05) is 36.7 Å². The minimum absolute atomic E-state index is 0.00411. The molecule has 5 heterocycles. The lowest BCUT2D eigenvalue weighted by molar-refractivity contribution is -0.135. The molecule has 3 amide bonds. The van der Waals surface area contributed by atoms with Gasteiger partial charge < -0.3 is 30.7 Å². The van der Waals surface area contributed by atoms with Gasteiger partial charge in [0.05, 0.1) is 21.7 Å². The number of halogens is 1. The number of aromatic amines is 1. The predicted octanol–water partition coefficient (Wildman–Crippen LogP) is 3.85. The van der Waals surface area contributed by atoms with Gasteiger partial charge in [0, 0.05) is 69.9 Å². The van der Waals surface area contributed by atoms with Crippen LogP contribution in [0.4, 0.5) is 10.5 Å². The first kappa shape index (κ1) is 33.0. The Balaban J connectivity index is 1.02. The largest absolute Gasteiger partial charge is 0.397 e. The smallest absolute Gasteiger partial charge is 0.326 e. The van der Waals surface area contributed by atoms with Gasteiger partial charge in [0.2, 0.25) is 5.91 Å². The molecule has 3 aromatic rings. The fourth-order valence-electron chi connectivity index (χ4n) is 8.80. The molecule has 2 bridgehead atoms. The van der Waals surface area contributed by atoms with Crippen molar-refractivity contribution in [1.29, 1.82) is 0 Å². The van der Waals surface area contributed by atoms with E-state index in [2.05, 4.69) is 27.1 Å². The van der Waals surface area contributed by atoms with Gasteiger partial charge >= 0.3 is 11.7 Å². The highest BCUT2D eigenvalue weighted by atomic mass is 35.5. The van der Waals surface area contributed by atoms with Crippen LogP contribution < -0.4 is 16.7 Å². The number of imidazole rings is 1. The molecule has 7 rings (SSSR count). The Morgan fingerprint density at radius 1 is 0.938 bits per heavy atom. The summed E-state index contributed by atoms with van der Waals surface area (Å²) < 4.78 is 1.82. The van der Waals surface area contributed by atoms with E-state index in [1.54, 1.807) is 4.90 Å². The van der Waals surface area contributed by atoms with E-state index in [1.807, 2.05) is 52.8 Å². The quantitative estimate of drug-likeness (QED) is 0.327. The number of nitrogens with one attached hydrogen (secondary N) is 2. The number of piperazine rings is 1. The Morgan fingerprint density at radius 2 is 1.62 bits per heavy atom. The van der Waals surface area contributed by atoms with Gasteiger partial charge in [0.25, 0.3) is 0 Å². The summed E-state index contributed by atoms with van der Waals surface area (Å²) >= 11 is 6.51. The number of nitrogens with zero attached hydrogens (tertiary/aromatic N) is 5. The fraction of sp³-hybridized carbons (Fsp3) is 0.583. The molecular formula is C36H49ClN8O3. The van der Waals surface area contributed by atoms with Gasteiger partial charge in [-0.3, -0.25) is 14.3 Å². The van der Waals surface area contributed by atoms with Crippen LogP contribution in [0.5, 0.6) is 0 Å². The van der Waals surface area contributed by atoms with E-state index in [0.717, 1.165) is 41.7 Å². The maximum Gasteiger partial charge on any atom is 0.326 e. The summed E-state index contributed by atoms with van der Waals surface area (Å²) in [6, 6.07) is 12.5. The van der Waals surface area contributed by atoms with Gasteiger partial charge in [-0.05, 0) is 81.3 Å². The first-order valence-electron chi connectivity index (χ1n) is 17.8. The van der Waals surface area contributed by atoms with Crippen LogP contribution >= 0.6 is 11.6 Å². The van der Waals surface area contributed by atoms with Crippen LogP contribution in [-0.2, 0) is 17.6 Å². The van der Waals surface area contributed by atoms with E-state index in [9.17, 15) is 14.4 Å². The zero-order valence-electron chi connectivity index (χ0n) is 28.2. The molecule has 258 valence electrons. The zero-order valence-corrected chi connectivity index (χ0v) is 28.9. The van der Waals surface area contributed by atoms with Crippen molar-refractivity contribution in [3.63, 3.8) is 0 Å². The number of rotatable bonds is 7. The number of piperidine rings is 2. The van der Waals surface area contributed by atoms with Crippen LogP contribution in [0.15, 0.2) is 41.2 Å². The number of fused-ring (bicyclic) bond motifs is 3. The standard InChI is InChI=1S/C36H49ClN8O3/c1-3-24-18-23(19-29(37)33(24)38)20-31(34(46)43-16-14-42(15-17-43)28-21-26-8-9-27(22-28)41(26)2)40-35(47)44-12-10-25(11-13-44)45-32-7-5-4-6-30(32)39-36(45)48/h4-7,18-19,25-28,31H,3,8-17,20-22,38H2,1-2H3,(H,39,48)(H,40,47)/t26?,27?,28?,31-/m1/s1. The van der Waals surface area contributed by atoms with Crippen LogP contribution in [0.1, 0.15) is 62.6 Å². The number of carbonyl (C=O) groups is 2. The second-order valence-corrected chi connectivity index (χ2v) is 14.7. The Hall–Kier alpha value is -3.54. The molecule has 0 spiro atoms. The minimum atomic E-state index is -0.735. The number of nitrogens with two attached hydrogens (primary N) is 1. The molecular weight excluding hydrogens is 628 g/mol. The van der Waals surface area contributed by atoms with Gasteiger partial charge in [-0.15, -0.1) is 0 Å². The lowest BCUT2D eigenvalue weighted by Crippen LogP contribution is -2.59. The molecule has 2 unspecified atom stereocenters. The van der Waals surface area contributed by atoms with Crippen molar-refractivity contribution in [2.45, 2.75) is 88.5 Å². The van der Waals surface area contributed by atoms with Crippen molar-refractivity contribution in [3.05, 3.63) is 63.0 Å². The monoisotopic (exact) mass is 676 g/mol. The van der Waals surface area contributed by atoms with Gasteiger partial charge in [-0.2, -0.15) is 0 Å². The lowest BCUT2D eigenvalue weighted by Gasteiger charge is -2.45. The number of likely N-dealkylation sites (tertiary alicyclic amines) is 1. The highest BCUT2D eigenvalue weighted by Gasteiger charge is 2.41. The number of urea groups is 1. The third-order valence-corrected chi connectivity index (χ3v) is 12.0. The predicted molar refractivity (Wildman–Crippen MR) is 189 cm³/mol. The summed E-state index contributed by atoms with van der Waals surface area (Å²) in [5, 5.41) is 3.59. The van der Waals surface area contributed by atoms with Gasteiger partial charge in [0.1, 0.15) is 6.04 Å². The Kier molecular flexibility index (Phi) is 9.45. The fourth-order valence-corrected chi connectivity index (χ4v) is 9.06. The molecule has 0 radical (unpaired) electrons. The maximum atomic E-state index is 14.2. The van der Waals surface area contributed by atoms with Crippen molar-refractivity contribution < 1.29 is 9.59 Å². The number of hydrogen-bond acceptors (Lipinski definition) is 6. The van der Waals surface area contributed by atoms with Crippen LogP contribution in [-0.4, -0.2) is 112 Å². The number of H-pyrrole nitrogens is 1. The topological polar surface area (TPSA) is 123 Å². The summed E-state index contributed by atoms with van der Waals surface area (Å²) in [6.07, 6.45) is 7.38. The van der Waals surface area contributed by atoms with Crippen LogP contribution in [0.25, 0.3) is 11.0 Å². The van der Waals surface area contributed by atoms with Crippen molar-refractivity contribution in [2.24, 2.45) is 0 Å².